The number of urea groups is 1. The molecule has 0 spiro atoms. The molecule has 0 aromatic rings. The summed E-state index contributed by atoms with van der Waals surface area (Å²) in [5.74, 6) is -0.279. The molecule has 1 fully saturated rings. The van der Waals surface area contributed by atoms with Crippen LogP contribution in [0.15, 0.2) is 0 Å². The van der Waals surface area contributed by atoms with Crippen LogP contribution in [-0.2, 0) is 4.79 Å². The molecule has 0 aliphatic carbocycles. The Hall–Kier alpha value is -0.580. The lowest BCUT2D eigenvalue weighted by atomic mass is 10.4. The van der Waals surface area contributed by atoms with Crippen molar-refractivity contribution in [2.75, 3.05) is 6.54 Å². The second-order valence-corrected chi connectivity index (χ2v) is 2.77. The molecular formula is C4H5BrN2O2. The predicted molar refractivity (Wildman–Crippen MR) is 34.3 cm³/mol. The van der Waals surface area contributed by atoms with E-state index in [0.717, 1.165) is 0 Å². The first-order valence-electron chi connectivity index (χ1n) is 2.43. The number of carbonyl (C=O) groups excluding carboxylic acids is 2. The zero-order chi connectivity index (χ0) is 6.85. The lowest BCUT2D eigenvalue weighted by Gasteiger charge is -2.16. The van der Waals surface area contributed by atoms with Crippen LogP contribution in [0.1, 0.15) is 0 Å². The van der Waals surface area contributed by atoms with Crippen molar-refractivity contribution in [3.05, 3.63) is 0 Å². The van der Waals surface area contributed by atoms with Crippen molar-refractivity contribution < 1.29 is 9.59 Å². The number of amides is 3. The van der Waals surface area contributed by atoms with Crippen LogP contribution in [0.5, 0.6) is 0 Å². The second-order valence-electron chi connectivity index (χ2n) is 1.67. The van der Waals surface area contributed by atoms with E-state index < -0.39 is 6.03 Å². The summed E-state index contributed by atoms with van der Waals surface area (Å²) >= 11 is 3.05. The van der Waals surface area contributed by atoms with Gasteiger partial charge in [0.05, 0.1) is 0 Å². The normalized spacial score (nSPS) is 27.0. The fraction of sp³-hybridized carbons (Fsp3) is 0.500. The van der Waals surface area contributed by atoms with Crippen molar-refractivity contribution in [1.29, 1.82) is 0 Å². The minimum atomic E-state index is -0.421. The Bertz CT molecular complexity index is 159. The molecule has 5 heteroatoms. The number of hydrogen-bond acceptors (Lipinski definition) is 2. The summed E-state index contributed by atoms with van der Waals surface area (Å²) in [6.45, 7) is 0.366. The molecule has 0 saturated carbocycles. The third-order valence-corrected chi connectivity index (χ3v) is 1.70. The van der Waals surface area contributed by atoms with Crippen molar-refractivity contribution in [1.82, 2.24) is 10.6 Å². The summed E-state index contributed by atoms with van der Waals surface area (Å²) in [5.41, 5.74) is 0. The fourth-order valence-electron chi connectivity index (χ4n) is 0.509. The molecule has 0 bridgehead atoms. The van der Waals surface area contributed by atoms with Crippen LogP contribution in [0.25, 0.3) is 0 Å². The minimum absolute atomic E-state index is 0.279. The lowest BCUT2D eigenvalue weighted by molar-refractivity contribution is -0.119. The maximum absolute atomic E-state index is 10.6. The Morgan fingerprint density at radius 1 is 1.56 bits per heavy atom. The largest absolute Gasteiger partial charge is 0.336 e. The van der Waals surface area contributed by atoms with E-state index in [-0.39, 0.29) is 10.7 Å². The van der Waals surface area contributed by atoms with Gasteiger partial charge in [-0.05, 0) is 0 Å². The Morgan fingerprint density at radius 2 is 2.22 bits per heavy atom. The molecule has 0 radical (unpaired) electrons. The Labute approximate surface area is 60.1 Å². The van der Waals surface area contributed by atoms with E-state index in [0.29, 0.717) is 6.54 Å². The number of carbonyl (C=O) groups is 2. The molecule has 0 aromatic heterocycles. The summed E-state index contributed by atoms with van der Waals surface area (Å²) in [4.78, 5) is 20.7. The molecule has 1 heterocycles. The maximum atomic E-state index is 10.6. The second kappa shape index (κ2) is 2.34. The van der Waals surface area contributed by atoms with Gasteiger partial charge >= 0.3 is 6.03 Å². The van der Waals surface area contributed by atoms with Crippen LogP contribution in [0.4, 0.5) is 4.79 Å². The summed E-state index contributed by atoms with van der Waals surface area (Å²) in [7, 11) is 0. The highest BCUT2D eigenvalue weighted by molar-refractivity contribution is 9.10. The average Bonchev–Trinajstić information content (AvgIpc) is 1.80. The highest BCUT2D eigenvalue weighted by Gasteiger charge is 2.22. The van der Waals surface area contributed by atoms with Crippen LogP contribution in [0.2, 0.25) is 0 Å². The van der Waals surface area contributed by atoms with Gasteiger partial charge in [0.15, 0.2) is 0 Å². The minimum Gasteiger partial charge on any atom is -0.336 e. The fourth-order valence-corrected chi connectivity index (χ4v) is 0.786. The molecule has 1 aliphatic rings. The van der Waals surface area contributed by atoms with E-state index in [1.807, 2.05) is 0 Å². The van der Waals surface area contributed by atoms with Crippen molar-refractivity contribution in [2.45, 2.75) is 4.83 Å². The van der Waals surface area contributed by atoms with E-state index in [4.69, 9.17) is 0 Å². The SMILES string of the molecule is O=C1[15NH][13C](=O)[15NH]CC1Br. The van der Waals surface area contributed by atoms with Gasteiger partial charge in [0, 0.05) is 6.54 Å². The van der Waals surface area contributed by atoms with Crippen molar-refractivity contribution >= 4 is 27.9 Å². The molecule has 1 rings (SSSR count). The van der Waals surface area contributed by atoms with Gasteiger partial charge in [-0.2, -0.15) is 0 Å². The van der Waals surface area contributed by atoms with E-state index in [2.05, 4.69) is 26.6 Å². The van der Waals surface area contributed by atoms with Gasteiger partial charge in [0.1, 0.15) is 4.83 Å². The molecule has 50 valence electrons. The summed E-state index contributed by atoms with van der Waals surface area (Å²) in [6.07, 6.45) is 0. The molecular weight excluding hydrogens is 191 g/mol. The number of nitrogens with one attached hydrogen (secondary N) is 2. The van der Waals surface area contributed by atoms with E-state index in [1.165, 1.54) is 0 Å². The molecule has 1 saturated heterocycles. The zero-order valence-electron chi connectivity index (χ0n) is 4.48. The highest BCUT2D eigenvalue weighted by atomic mass is 79.9. The van der Waals surface area contributed by atoms with Crippen LogP contribution in [0, 0.1) is 0 Å². The molecule has 1 unspecified atom stereocenters. The monoisotopic (exact) mass is 195 g/mol. The van der Waals surface area contributed by atoms with Gasteiger partial charge < -0.3 is 5.32 Å². The quantitative estimate of drug-likeness (QED) is 0.314. The van der Waals surface area contributed by atoms with Gasteiger partial charge in [-0.3, -0.25) is 10.1 Å². The third kappa shape index (κ3) is 1.41. The standard InChI is InChI=1S/C4H5BrN2O2/c5-2-1-6-4(9)7-3(2)8/h2H,1H2,(H2,6,7,8,9)/i4+1,6+1,7+1. The molecule has 1 aliphatic heterocycles. The van der Waals surface area contributed by atoms with Crippen LogP contribution in [-0.4, -0.2) is 23.3 Å². The number of rotatable bonds is 0. The smallest absolute Gasteiger partial charge is 0.321 e. The van der Waals surface area contributed by atoms with Crippen molar-refractivity contribution in [3.63, 3.8) is 0 Å². The first kappa shape index (κ1) is 6.54. The van der Waals surface area contributed by atoms with Gasteiger partial charge in [-0.15, -0.1) is 0 Å². The van der Waals surface area contributed by atoms with E-state index >= 15 is 0 Å². The first-order valence-corrected chi connectivity index (χ1v) is 3.34. The Kier molecular flexibility index (Phi) is 1.70. The number of alkyl halides is 1. The van der Waals surface area contributed by atoms with Crippen LogP contribution in [0.3, 0.4) is 0 Å². The van der Waals surface area contributed by atoms with Gasteiger partial charge in [0.2, 0.25) is 5.91 Å². The molecule has 0 aromatic carbocycles. The average molecular weight is 196 g/mol. The van der Waals surface area contributed by atoms with Gasteiger partial charge in [-0.25, -0.2) is 4.79 Å². The zero-order valence-corrected chi connectivity index (χ0v) is 6.06. The van der Waals surface area contributed by atoms with Crippen LogP contribution < -0.4 is 10.6 Å². The van der Waals surface area contributed by atoms with Crippen LogP contribution >= 0.6 is 15.9 Å². The third-order valence-electron chi connectivity index (χ3n) is 0.963. The highest BCUT2D eigenvalue weighted by Crippen LogP contribution is 2.00. The summed E-state index contributed by atoms with van der Waals surface area (Å²) < 4.78 is 0. The summed E-state index contributed by atoms with van der Waals surface area (Å²) in [6, 6.07) is -0.421. The van der Waals surface area contributed by atoms with E-state index in [9.17, 15) is 9.59 Å². The molecule has 2 N–H and O–H groups in total. The number of halogens is 1. The Morgan fingerprint density at radius 3 is 2.67 bits per heavy atom. The molecule has 4 nitrogen and oxygen atoms in total. The number of hydrogen-bond donors (Lipinski definition) is 2. The van der Waals surface area contributed by atoms with Crippen molar-refractivity contribution in [3.8, 4) is 0 Å². The van der Waals surface area contributed by atoms with Gasteiger partial charge in [0.25, 0.3) is 0 Å². The van der Waals surface area contributed by atoms with E-state index in [1.54, 1.807) is 0 Å². The first-order chi connectivity index (χ1) is 4.20. The molecule has 9 heavy (non-hydrogen) atoms. The van der Waals surface area contributed by atoms with Crippen molar-refractivity contribution in [2.24, 2.45) is 0 Å². The number of imide groups is 1. The molecule has 3 amide bonds. The lowest BCUT2D eigenvalue weighted by Crippen LogP contribution is -2.52. The predicted octanol–water partition coefficient (Wildman–Crippen LogP) is -0.411. The topological polar surface area (TPSA) is 58.2 Å². The molecule has 1 atom stereocenters. The Balaban J connectivity index is 2.54. The maximum Gasteiger partial charge on any atom is 0.321 e. The summed E-state index contributed by atoms with van der Waals surface area (Å²) in [5, 5.41) is 4.54. The van der Waals surface area contributed by atoms with Gasteiger partial charge in [-0.1, -0.05) is 15.9 Å².